The summed E-state index contributed by atoms with van der Waals surface area (Å²) in [5, 5.41) is 0. The molecule has 0 spiro atoms. The third-order valence-electron chi connectivity index (χ3n) is 6.32. The van der Waals surface area contributed by atoms with Crippen molar-refractivity contribution >= 4 is 0 Å². The van der Waals surface area contributed by atoms with Crippen molar-refractivity contribution in [1.82, 2.24) is 0 Å². The van der Waals surface area contributed by atoms with Crippen LogP contribution in [0, 0.1) is 23.4 Å². The molecular weight excluding hydrogens is 437 g/mol. The summed E-state index contributed by atoms with van der Waals surface area (Å²) in [5.41, 5.74) is 2.73. The van der Waals surface area contributed by atoms with Gasteiger partial charge in [-0.25, -0.2) is 8.78 Å². The van der Waals surface area contributed by atoms with Gasteiger partial charge in [-0.1, -0.05) is 55.8 Å². The van der Waals surface area contributed by atoms with E-state index >= 15 is 0 Å². The van der Waals surface area contributed by atoms with Gasteiger partial charge in [-0.05, 0) is 54.2 Å². The molecule has 0 N–H and O–H groups in total. The van der Waals surface area contributed by atoms with E-state index in [0.717, 1.165) is 31.2 Å². The second kappa shape index (κ2) is 10.9. The van der Waals surface area contributed by atoms with Gasteiger partial charge in [-0.3, -0.25) is 0 Å². The van der Waals surface area contributed by atoms with Crippen molar-refractivity contribution in [2.75, 3.05) is 13.2 Å². The van der Waals surface area contributed by atoms with Crippen LogP contribution >= 0.6 is 0 Å². The number of unbranched alkanes of at least 4 members (excludes halogenated alkanes) is 1. The van der Waals surface area contributed by atoms with Crippen LogP contribution in [0.1, 0.15) is 44.3 Å². The van der Waals surface area contributed by atoms with Gasteiger partial charge in [0.05, 0.1) is 19.3 Å². The molecule has 1 aliphatic rings. The van der Waals surface area contributed by atoms with Crippen LogP contribution in [0.2, 0.25) is 0 Å². The molecular formula is C29H29F3O2. The molecule has 1 aliphatic heterocycles. The zero-order chi connectivity index (χ0) is 24.1. The van der Waals surface area contributed by atoms with E-state index in [9.17, 15) is 13.2 Å². The van der Waals surface area contributed by atoms with Crippen molar-refractivity contribution in [3.05, 3.63) is 90.3 Å². The first-order valence-corrected chi connectivity index (χ1v) is 11.8. The normalized spacial score (nSPS) is 18.0. The lowest BCUT2D eigenvalue weighted by atomic mass is 9.93. The minimum absolute atomic E-state index is 0.0798. The number of halogens is 3. The Labute approximate surface area is 199 Å². The number of rotatable bonds is 8. The number of hydrogen-bond acceptors (Lipinski definition) is 2. The molecule has 34 heavy (non-hydrogen) atoms. The minimum Gasteiger partial charge on any atom is -0.490 e. The largest absolute Gasteiger partial charge is 0.490 e. The van der Waals surface area contributed by atoms with Crippen molar-refractivity contribution < 1.29 is 22.6 Å². The molecule has 5 heteroatoms. The first-order valence-electron chi connectivity index (χ1n) is 11.8. The van der Waals surface area contributed by atoms with Crippen LogP contribution in [0.4, 0.5) is 13.2 Å². The van der Waals surface area contributed by atoms with Gasteiger partial charge in [-0.2, -0.15) is 4.39 Å². The average molecular weight is 467 g/mol. The Kier molecular flexibility index (Phi) is 7.73. The van der Waals surface area contributed by atoms with Crippen molar-refractivity contribution in [1.29, 1.82) is 0 Å². The van der Waals surface area contributed by atoms with Gasteiger partial charge in [0.1, 0.15) is 5.82 Å². The van der Waals surface area contributed by atoms with Crippen molar-refractivity contribution in [3.63, 3.8) is 0 Å². The molecule has 0 amide bonds. The molecule has 0 radical (unpaired) electrons. The summed E-state index contributed by atoms with van der Waals surface area (Å²) in [5.74, 6) is -2.00. The highest BCUT2D eigenvalue weighted by molar-refractivity contribution is 5.71. The maximum Gasteiger partial charge on any atom is 0.201 e. The van der Waals surface area contributed by atoms with Crippen molar-refractivity contribution in [2.24, 2.45) is 5.92 Å². The summed E-state index contributed by atoms with van der Waals surface area (Å²) in [4.78, 5) is 0. The van der Waals surface area contributed by atoms with Crippen LogP contribution in [0.3, 0.4) is 0 Å². The minimum atomic E-state index is -0.986. The zero-order valence-electron chi connectivity index (χ0n) is 19.3. The van der Waals surface area contributed by atoms with Crippen molar-refractivity contribution in [3.8, 4) is 28.0 Å². The molecule has 0 bridgehead atoms. The van der Waals surface area contributed by atoms with Gasteiger partial charge in [0.2, 0.25) is 5.82 Å². The van der Waals surface area contributed by atoms with Crippen LogP contribution in [-0.4, -0.2) is 13.2 Å². The second-order valence-corrected chi connectivity index (χ2v) is 8.65. The first-order chi connectivity index (χ1) is 16.5. The van der Waals surface area contributed by atoms with Crippen LogP contribution < -0.4 is 4.74 Å². The summed E-state index contributed by atoms with van der Waals surface area (Å²) >= 11 is 0. The molecule has 1 fully saturated rings. The molecule has 2 unspecified atom stereocenters. The van der Waals surface area contributed by atoms with E-state index in [1.807, 2.05) is 19.1 Å². The third kappa shape index (κ3) is 5.20. The Morgan fingerprint density at radius 1 is 0.941 bits per heavy atom. The lowest BCUT2D eigenvalue weighted by molar-refractivity contribution is -0.00700. The third-order valence-corrected chi connectivity index (χ3v) is 6.32. The standard InChI is InChI=1S/C29H29F3O2/c1-3-5-16-33-27-15-13-23(28(31)29(27)32)21-9-7-20(8-10-21)22-11-12-24(25(30)17-22)26-14-6-19(4-2)18-34-26/h4,7-13,15,17,19,26H,2-3,5-6,14,16,18H2,1H3. The average Bonchev–Trinajstić information content (AvgIpc) is 2.87. The Morgan fingerprint density at radius 2 is 1.68 bits per heavy atom. The van der Waals surface area contributed by atoms with Crippen LogP contribution in [0.25, 0.3) is 22.3 Å². The summed E-state index contributed by atoms with van der Waals surface area (Å²) < 4.78 is 55.2. The maximum atomic E-state index is 14.9. The molecule has 178 valence electrons. The predicted octanol–water partition coefficient (Wildman–Crippen LogP) is 8.27. The van der Waals surface area contributed by atoms with Gasteiger partial charge in [0.15, 0.2) is 11.6 Å². The molecule has 1 saturated heterocycles. The Balaban J connectivity index is 1.50. The molecule has 3 aromatic rings. The fraction of sp³-hybridized carbons (Fsp3) is 0.310. The summed E-state index contributed by atoms with van der Waals surface area (Å²) in [6.45, 7) is 6.70. The van der Waals surface area contributed by atoms with Crippen LogP contribution in [-0.2, 0) is 4.74 Å². The quantitative estimate of drug-likeness (QED) is 0.246. The van der Waals surface area contributed by atoms with E-state index < -0.39 is 11.6 Å². The molecule has 0 aromatic heterocycles. The Hall–Kier alpha value is -3.05. The molecule has 4 rings (SSSR count). The summed E-state index contributed by atoms with van der Waals surface area (Å²) in [6, 6.07) is 15.1. The van der Waals surface area contributed by atoms with Gasteiger partial charge in [0, 0.05) is 17.0 Å². The summed E-state index contributed by atoms with van der Waals surface area (Å²) in [7, 11) is 0. The van der Waals surface area contributed by atoms with Gasteiger partial charge >= 0.3 is 0 Å². The zero-order valence-corrected chi connectivity index (χ0v) is 19.3. The monoisotopic (exact) mass is 466 g/mol. The lowest BCUT2D eigenvalue weighted by Gasteiger charge is -2.28. The van der Waals surface area contributed by atoms with Crippen LogP contribution in [0.5, 0.6) is 5.75 Å². The Bertz CT molecular complexity index is 1130. The summed E-state index contributed by atoms with van der Waals surface area (Å²) in [6.07, 6.45) is 5.00. The fourth-order valence-corrected chi connectivity index (χ4v) is 4.21. The molecule has 0 saturated carbocycles. The molecule has 2 nitrogen and oxygen atoms in total. The van der Waals surface area contributed by atoms with E-state index in [2.05, 4.69) is 6.58 Å². The maximum absolute atomic E-state index is 14.9. The van der Waals surface area contributed by atoms with Gasteiger partial charge in [0.25, 0.3) is 0 Å². The second-order valence-electron chi connectivity index (χ2n) is 8.65. The van der Waals surface area contributed by atoms with Crippen molar-refractivity contribution in [2.45, 2.75) is 38.7 Å². The van der Waals surface area contributed by atoms with E-state index in [4.69, 9.17) is 9.47 Å². The molecule has 1 heterocycles. The van der Waals surface area contributed by atoms with Gasteiger partial charge < -0.3 is 9.47 Å². The van der Waals surface area contributed by atoms with E-state index in [1.54, 1.807) is 30.3 Å². The first kappa shape index (κ1) is 24.1. The van der Waals surface area contributed by atoms with E-state index in [-0.39, 0.29) is 23.2 Å². The van der Waals surface area contributed by atoms with E-state index in [1.165, 1.54) is 18.2 Å². The van der Waals surface area contributed by atoms with E-state index in [0.29, 0.717) is 35.8 Å². The highest BCUT2D eigenvalue weighted by atomic mass is 19.2. The lowest BCUT2D eigenvalue weighted by Crippen LogP contribution is -2.19. The topological polar surface area (TPSA) is 18.5 Å². The SMILES string of the molecule is C=CC1CCC(c2ccc(-c3ccc(-c4ccc(OCCCC)c(F)c4F)cc3)cc2F)OC1. The van der Waals surface area contributed by atoms with Crippen LogP contribution in [0.15, 0.2) is 67.3 Å². The molecule has 3 aromatic carbocycles. The smallest absolute Gasteiger partial charge is 0.201 e. The number of benzene rings is 3. The highest BCUT2D eigenvalue weighted by Crippen LogP contribution is 2.35. The number of ether oxygens (including phenoxy) is 2. The number of hydrogen-bond donors (Lipinski definition) is 0. The fourth-order valence-electron chi connectivity index (χ4n) is 4.21. The highest BCUT2D eigenvalue weighted by Gasteiger charge is 2.24. The van der Waals surface area contributed by atoms with Gasteiger partial charge in [-0.15, -0.1) is 6.58 Å². The predicted molar refractivity (Wildman–Crippen MR) is 129 cm³/mol. The molecule has 0 aliphatic carbocycles. The molecule has 2 atom stereocenters. The Morgan fingerprint density at radius 3 is 2.32 bits per heavy atom.